The predicted molar refractivity (Wildman–Crippen MR) is 93.8 cm³/mol. The summed E-state index contributed by atoms with van der Waals surface area (Å²) in [5.74, 6) is 0.488. The summed E-state index contributed by atoms with van der Waals surface area (Å²) >= 11 is 2.20. The van der Waals surface area contributed by atoms with E-state index in [1.807, 2.05) is 18.2 Å². The quantitative estimate of drug-likeness (QED) is 0.769. The number of nitrogens with one attached hydrogen (secondary N) is 1. The highest BCUT2D eigenvalue weighted by atomic mass is 127. The summed E-state index contributed by atoms with van der Waals surface area (Å²) in [5, 5.41) is 2.84. The lowest BCUT2D eigenvalue weighted by atomic mass is 10.1. The molecule has 0 radical (unpaired) electrons. The summed E-state index contributed by atoms with van der Waals surface area (Å²) in [5.41, 5.74) is 0.621. The van der Waals surface area contributed by atoms with Crippen LogP contribution in [-0.4, -0.2) is 29.3 Å². The summed E-state index contributed by atoms with van der Waals surface area (Å²) in [6.07, 6.45) is 3.11. The Labute approximate surface area is 148 Å². The summed E-state index contributed by atoms with van der Waals surface area (Å²) in [4.78, 5) is 26.7. The molecule has 1 aromatic heterocycles. The summed E-state index contributed by atoms with van der Waals surface area (Å²) in [7, 11) is 0. The molecule has 2 heterocycles. The molecule has 2 amide bonds. The van der Waals surface area contributed by atoms with Gasteiger partial charge in [-0.05, 0) is 71.8 Å². The molecule has 1 saturated heterocycles. The first-order valence-corrected chi connectivity index (χ1v) is 8.59. The molecule has 3 rings (SSSR count). The van der Waals surface area contributed by atoms with Crippen LogP contribution in [0.3, 0.4) is 0 Å². The summed E-state index contributed by atoms with van der Waals surface area (Å²) in [6, 6.07) is 10.6. The van der Waals surface area contributed by atoms with Crippen molar-refractivity contribution in [3.63, 3.8) is 0 Å². The molecule has 2 aromatic rings. The average molecular weight is 424 g/mol. The van der Waals surface area contributed by atoms with Gasteiger partial charge in [0.25, 0.3) is 5.91 Å². The van der Waals surface area contributed by atoms with E-state index in [0.717, 1.165) is 9.99 Å². The smallest absolute Gasteiger partial charge is 0.254 e. The zero-order valence-electron chi connectivity index (χ0n) is 12.5. The van der Waals surface area contributed by atoms with Crippen molar-refractivity contribution >= 4 is 34.4 Å². The van der Waals surface area contributed by atoms with Crippen LogP contribution in [0.1, 0.15) is 29.0 Å². The van der Waals surface area contributed by atoms with Gasteiger partial charge in [0.1, 0.15) is 11.8 Å². The van der Waals surface area contributed by atoms with Gasteiger partial charge in [0, 0.05) is 15.7 Å². The topological polar surface area (TPSA) is 62.6 Å². The minimum Gasteiger partial charge on any atom is -0.467 e. The second-order valence-corrected chi connectivity index (χ2v) is 6.71. The van der Waals surface area contributed by atoms with E-state index in [1.165, 1.54) is 0 Å². The van der Waals surface area contributed by atoms with E-state index in [0.29, 0.717) is 30.8 Å². The number of amides is 2. The van der Waals surface area contributed by atoms with Crippen LogP contribution >= 0.6 is 22.6 Å². The van der Waals surface area contributed by atoms with Gasteiger partial charge >= 0.3 is 0 Å². The molecule has 120 valence electrons. The molecule has 1 fully saturated rings. The lowest BCUT2D eigenvalue weighted by Gasteiger charge is -2.24. The van der Waals surface area contributed by atoms with Gasteiger partial charge in [-0.3, -0.25) is 9.59 Å². The molecular weight excluding hydrogens is 407 g/mol. The van der Waals surface area contributed by atoms with Crippen LogP contribution in [0.4, 0.5) is 0 Å². The van der Waals surface area contributed by atoms with Crippen molar-refractivity contribution in [1.29, 1.82) is 0 Å². The van der Waals surface area contributed by atoms with Gasteiger partial charge in [-0.2, -0.15) is 0 Å². The molecule has 1 aliphatic heterocycles. The summed E-state index contributed by atoms with van der Waals surface area (Å²) in [6.45, 7) is 0.956. The number of halogens is 1. The number of carbonyl (C=O) groups excluding carboxylic acids is 2. The number of likely N-dealkylation sites (tertiary alicyclic amines) is 1. The third kappa shape index (κ3) is 3.74. The maximum atomic E-state index is 12.6. The van der Waals surface area contributed by atoms with Crippen molar-refractivity contribution in [2.75, 3.05) is 6.54 Å². The van der Waals surface area contributed by atoms with E-state index in [-0.39, 0.29) is 11.8 Å². The van der Waals surface area contributed by atoms with Gasteiger partial charge < -0.3 is 14.6 Å². The van der Waals surface area contributed by atoms with Crippen LogP contribution in [0, 0.1) is 3.57 Å². The predicted octanol–water partition coefficient (Wildman–Crippen LogP) is 2.81. The number of nitrogens with zero attached hydrogens (tertiary/aromatic N) is 1. The van der Waals surface area contributed by atoms with Crippen LogP contribution < -0.4 is 5.32 Å². The van der Waals surface area contributed by atoms with Crippen LogP contribution in [0.2, 0.25) is 0 Å². The molecule has 5 nitrogen and oxygen atoms in total. The number of carbonyl (C=O) groups is 2. The van der Waals surface area contributed by atoms with Gasteiger partial charge in [0.2, 0.25) is 5.91 Å². The molecular formula is C17H17IN2O3. The molecule has 1 unspecified atom stereocenters. The number of benzene rings is 1. The zero-order valence-corrected chi connectivity index (χ0v) is 14.7. The van der Waals surface area contributed by atoms with Crippen molar-refractivity contribution in [2.24, 2.45) is 0 Å². The largest absolute Gasteiger partial charge is 0.467 e. The highest BCUT2D eigenvalue weighted by molar-refractivity contribution is 14.1. The molecule has 0 bridgehead atoms. The van der Waals surface area contributed by atoms with E-state index in [4.69, 9.17) is 4.42 Å². The molecule has 1 atom stereocenters. The number of furan rings is 1. The highest BCUT2D eigenvalue weighted by Gasteiger charge is 2.34. The fourth-order valence-electron chi connectivity index (χ4n) is 2.75. The Bertz CT molecular complexity index is 682. The van der Waals surface area contributed by atoms with E-state index in [2.05, 4.69) is 27.9 Å². The van der Waals surface area contributed by atoms with Crippen LogP contribution in [-0.2, 0) is 11.3 Å². The van der Waals surface area contributed by atoms with Crippen molar-refractivity contribution in [2.45, 2.75) is 25.4 Å². The van der Waals surface area contributed by atoms with Gasteiger partial charge in [0.05, 0.1) is 12.8 Å². The zero-order chi connectivity index (χ0) is 16.2. The number of hydrogen-bond acceptors (Lipinski definition) is 3. The van der Waals surface area contributed by atoms with Gasteiger partial charge in [0.15, 0.2) is 0 Å². The van der Waals surface area contributed by atoms with Gasteiger partial charge in [-0.25, -0.2) is 0 Å². The van der Waals surface area contributed by atoms with Crippen molar-refractivity contribution in [3.8, 4) is 0 Å². The molecule has 0 spiro atoms. The Hall–Kier alpha value is -1.83. The summed E-state index contributed by atoms with van der Waals surface area (Å²) < 4.78 is 6.28. The molecule has 23 heavy (non-hydrogen) atoms. The Morgan fingerprint density at radius 2 is 2.04 bits per heavy atom. The number of hydrogen-bond donors (Lipinski definition) is 1. The molecule has 1 aromatic carbocycles. The number of rotatable bonds is 4. The molecule has 1 N–H and O–H groups in total. The first-order valence-electron chi connectivity index (χ1n) is 7.52. The Balaban J connectivity index is 1.65. The van der Waals surface area contributed by atoms with Crippen molar-refractivity contribution < 1.29 is 14.0 Å². The second kappa shape index (κ2) is 7.16. The van der Waals surface area contributed by atoms with Gasteiger partial charge in [-0.1, -0.05) is 0 Å². The van der Waals surface area contributed by atoms with Crippen molar-refractivity contribution in [3.05, 3.63) is 57.6 Å². The monoisotopic (exact) mass is 424 g/mol. The Morgan fingerprint density at radius 1 is 1.26 bits per heavy atom. The maximum Gasteiger partial charge on any atom is 0.254 e. The third-order valence-electron chi connectivity index (χ3n) is 3.92. The fourth-order valence-corrected chi connectivity index (χ4v) is 3.11. The lowest BCUT2D eigenvalue weighted by molar-refractivity contribution is -0.125. The Morgan fingerprint density at radius 3 is 2.74 bits per heavy atom. The Kier molecular flexibility index (Phi) is 5.00. The van der Waals surface area contributed by atoms with Crippen LogP contribution in [0.5, 0.6) is 0 Å². The van der Waals surface area contributed by atoms with Gasteiger partial charge in [-0.15, -0.1) is 0 Å². The molecule has 1 aliphatic rings. The van der Waals surface area contributed by atoms with E-state index in [9.17, 15) is 9.59 Å². The van der Waals surface area contributed by atoms with E-state index < -0.39 is 6.04 Å². The minimum atomic E-state index is -0.406. The van der Waals surface area contributed by atoms with Crippen LogP contribution in [0.25, 0.3) is 0 Å². The van der Waals surface area contributed by atoms with E-state index in [1.54, 1.807) is 29.4 Å². The fraction of sp³-hybridized carbons (Fsp3) is 0.294. The van der Waals surface area contributed by atoms with Crippen LogP contribution in [0.15, 0.2) is 47.1 Å². The highest BCUT2D eigenvalue weighted by Crippen LogP contribution is 2.21. The molecule has 0 saturated carbocycles. The minimum absolute atomic E-state index is 0.0861. The normalized spacial score (nSPS) is 17.3. The first-order chi connectivity index (χ1) is 11.1. The van der Waals surface area contributed by atoms with E-state index >= 15 is 0 Å². The average Bonchev–Trinajstić information content (AvgIpc) is 3.24. The third-order valence-corrected chi connectivity index (χ3v) is 4.64. The molecule has 6 heteroatoms. The molecule has 0 aliphatic carbocycles. The standard InChI is InChI=1S/C17H17IN2O3/c18-13-7-5-12(6-8-13)17(22)20-9-1-4-15(20)16(21)19-11-14-3-2-10-23-14/h2-3,5-8,10,15H,1,4,9,11H2,(H,19,21). The first kappa shape index (κ1) is 16.0. The van der Waals surface area contributed by atoms with Crippen molar-refractivity contribution in [1.82, 2.24) is 10.2 Å². The SMILES string of the molecule is O=C(NCc1ccco1)C1CCCN1C(=O)c1ccc(I)cc1. The maximum absolute atomic E-state index is 12.6. The lowest BCUT2D eigenvalue weighted by Crippen LogP contribution is -2.45. The second-order valence-electron chi connectivity index (χ2n) is 5.46.